The Morgan fingerprint density at radius 1 is 1.24 bits per heavy atom. The van der Waals surface area contributed by atoms with Crippen molar-refractivity contribution in [3.63, 3.8) is 0 Å². The van der Waals surface area contributed by atoms with Crippen molar-refractivity contribution in [2.24, 2.45) is 0 Å². The Bertz CT molecular complexity index is 493. The summed E-state index contributed by atoms with van der Waals surface area (Å²) < 4.78 is 4.80. The minimum absolute atomic E-state index is 0.258. The Morgan fingerprint density at radius 3 is 2.24 bits per heavy atom. The molecule has 4 heteroatoms. The average Bonchev–Trinajstić information content (AvgIpc) is 2.46. The third-order valence-electron chi connectivity index (χ3n) is 3.61. The molecule has 0 spiro atoms. The SMILES string of the molecule is CCCC(C)(NC(=O)c1ccc(C(C)C)cc1)C(=O)OC. The van der Waals surface area contributed by atoms with Crippen molar-refractivity contribution in [2.75, 3.05) is 7.11 Å². The number of methoxy groups -OCH3 is 1. The van der Waals surface area contributed by atoms with Crippen LogP contribution in [0.25, 0.3) is 0 Å². The fourth-order valence-electron chi connectivity index (χ4n) is 2.28. The van der Waals surface area contributed by atoms with E-state index in [4.69, 9.17) is 4.74 Å². The molecule has 0 radical (unpaired) electrons. The molecule has 116 valence electrons. The molecule has 0 aliphatic heterocycles. The monoisotopic (exact) mass is 291 g/mol. The van der Waals surface area contributed by atoms with Crippen molar-refractivity contribution in [3.8, 4) is 0 Å². The van der Waals surface area contributed by atoms with Crippen molar-refractivity contribution in [1.29, 1.82) is 0 Å². The molecule has 0 saturated carbocycles. The molecule has 1 rings (SSSR count). The highest BCUT2D eigenvalue weighted by Crippen LogP contribution is 2.18. The maximum absolute atomic E-state index is 12.3. The normalized spacial score (nSPS) is 13.6. The van der Waals surface area contributed by atoms with Gasteiger partial charge >= 0.3 is 5.97 Å². The smallest absolute Gasteiger partial charge is 0.331 e. The number of esters is 1. The van der Waals surface area contributed by atoms with Gasteiger partial charge in [0, 0.05) is 5.56 Å². The molecule has 21 heavy (non-hydrogen) atoms. The lowest BCUT2D eigenvalue weighted by Gasteiger charge is -2.27. The molecule has 0 aliphatic rings. The van der Waals surface area contributed by atoms with Gasteiger partial charge in [-0.2, -0.15) is 0 Å². The summed E-state index contributed by atoms with van der Waals surface area (Å²) in [7, 11) is 1.33. The highest BCUT2D eigenvalue weighted by atomic mass is 16.5. The summed E-state index contributed by atoms with van der Waals surface area (Å²) >= 11 is 0. The van der Waals surface area contributed by atoms with E-state index in [0.29, 0.717) is 17.9 Å². The van der Waals surface area contributed by atoms with E-state index < -0.39 is 11.5 Å². The van der Waals surface area contributed by atoms with E-state index in [9.17, 15) is 9.59 Å². The summed E-state index contributed by atoms with van der Waals surface area (Å²) in [5, 5.41) is 2.80. The second kappa shape index (κ2) is 7.25. The molecule has 0 saturated heterocycles. The standard InChI is InChI=1S/C17H25NO3/c1-6-11-17(4,16(20)21-5)18-15(19)14-9-7-13(8-10-14)12(2)3/h7-10,12H,6,11H2,1-5H3,(H,18,19). The number of carbonyl (C=O) groups is 2. The largest absolute Gasteiger partial charge is 0.467 e. The number of benzene rings is 1. The molecule has 0 fully saturated rings. The third kappa shape index (κ3) is 4.31. The molecule has 1 aromatic rings. The second-order valence-electron chi connectivity index (χ2n) is 5.80. The van der Waals surface area contributed by atoms with Crippen LogP contribution in [-0.4, -0.2) is 24.5 Å². The minimum Gasteiger partial charge on any atom is -0.467 e. The molecule has 1 unspecified atom stereocenters. The lowest BCUT2D eigenvalue weighted by molar-refractivity contribution is -0.147. The Kier molecular flexibility index (Phi) is 5.94. The highest BCUT2D eigenvalue weighted by molar-refractivity contribution is 5.98. The minimum atomic E-state index is -0.989. The number of nitrogens with one attached hydrogen (secondary N) is 1. The van der Waals surface area contributed by atoms with Crippen LogP contribution in [0.3, 0.4) is 0 Å². The van der Waals surface area contributed by atoms with E-state index in [1.165, 1.54) is 12.7 Å². The van der Waals surface area contributed by atoms with Crippen LogP contribution in [0.2, 0.25) is 0 Å². The fourth-order valence-corrected chi connectivity index (χ4v) is 2.28. The first-order valence-corrected chi connectivity index (χ1v) is 7.35. The number of hydrogen-bond acceptors (Lipinski definition) is 3. The molecular formula is C17H25NO3. The third-order valence-corrected chi connectivity index (χ3v) is 3.61. The van der Waals surface area contributed by atoms with Gasteiger partial charge in [0.2, 0.25) is 0 Å². The van der Waals surface area contributed by atoms with Crippen LogP contribution in [0.4, 0.5) is 0 Å². The van der Waals surface area contributed by atoms with Gasteiger partial charge < -0.3 is 10.1 Å². The van der Waals surface area contributed by atoms with Crippen LogP contribution in [0, 0.1) is 0 Å². The van der Waals surface area contributed by atoms with Gasteiger partial charge in [-0.1, -0.05) is 39.3 Å². The zero-order chi connectivity index (χ0) is 16.0. The van der Waals surface area contributed by atoms with Crippen LogP contribution in [0.5, 0.6) is 0 Å². The molecule has 0 aliphatic carbocycles. The van der Waals surface area contributed by atoms with Gasteiger partial charge in [0.1, 0.15) is 5.54 Å². The van der Waals surface area contributed by atoms with Gasteiger partial charge in [-0.15, -0.1) is 0 Å². The zero-order valence-electron chi connectivity index (χ0n) is 13.5. The maximum atomic E-state index is 12.3. The van der Waals surface area contributed by atoms with Gasteiger partial charge in [-0.05, 0) is 37.0 Å². The molecular weight excluding hydrogens is 266 g/mol. The fraction of sp³-hybridized carbons (Fsp3) is 0.529. The van der Waals surface area contributed by atoms with Gasteiger partial charge in [-0.3, -0.25) is 4.79 Å². The Morgan fingerprint density at radius 2 is 1.81 bits per heavy atom. The summed E-state index contributed by atoms with van der Waals surface area (Å²) in [4.78, 5) is 24.2. The average molecular weight is 291 g/mol. The molecule has 4 nitrogen and oxygen atoms in total. The van der Waals surface area contributed by atoms with Gasteiger partial charge in [0.05, 0.1) is 7.11 Å². The predicted molar refractivity (Wildman–Crippen MR) is 83.3 cm³/mol. The van der Waals surface area contributed by atoms with Crippen LogP contribution >= 0.6 is 0 Å². The molecule has 1 N–H and O–H groups in total. The molecule has 1 atom stereocenters. The Labute approximate surface area is 126 Å². The Balaban J connectivity index is 2.89. The predicted octanol–water partition coefficient (Wildman–Crippen LogP) is 3.27. The molecule has 0 aromatic heterocycles. The van der Waals surface area contributed by atoms with Gasteiger partial charge in [-0.25, -0.2) is 4.79 Å². The first kappa shape index (κ1) is 17.2. The summed E-state index contributed by atoms with van der Waals surface area (Å²) in [6.45, 7) is 7.86. The van der Waals surface area contributed by atoms with Crippen LogP contribution in [0.1, 0.15) is 62.4 Å². The molecule has 0 bridgehead atoms. The lowest BCUT2D eigenvalue weighted by Crippen LogP contribution is -2.52. The molecule has 1 aromatic carbocycles. The number of carbonyl (C=O) groups excluding carboxylic acids is 2. The van der Waals surface area contributed by atoms with E-state index in [2.05, 4.69) is 19.2 Å². The number of hydrogen-bond donors (Lipinski definition) is 1. The molecule has 0 heterocycles. The summed E-state index contributed by atoms with van der Waals surface area (Å²) in [5.74, 6) is -0.259. The number of amides is 1. The van der Waals surface area contributed by atoms with Gasteiger partial charge in [0.15, 0.2) is 0 Å². The van der Waals surface area contributed by atoms with Crippen LogP contribution in [-0.2, 0) is 9.53 Å². The van der Waals surface area contributed by atoms with E-state index in [0.717, 1.165) is 6.42 Å². The van der Waals surface area contributed by atoms with E-state index in [1.807, 2.05) is 19.1 Å². The van der Waals surface area contributed by atoms with Crippen LogP contribution in [0.15, 0.2) is 24.3 Å². The van der Waals surface area contributed by atoms with Gasteiger partial charge in [0.25, 0.3) is 5.91 Å². The van der Waals surface area contributed by atoms with Crippen molar-refractivity contribution in [1.82, 2.24) is 5.32 Å². The van der Waals surface area contributed by atoms with E-state index in [-0.39, 0.29) is 5.91 Å². The summed E-state index contributed by atoms with van der Waals surface area (Å²) in [6, 6.07) is 7.45. The summed E-state index contributed by atoms with van der Waals surface area (Å²) in [5.41, 5.74) is 0.735. The number of ether oxygens (including phenoxy) is 1. The number of rotatable bonds is 6. The Hall–Kier alpha value is -1.84. The highest BCUT2D eigenvalue weighted by Gasteiger charge is 2.35. The second-order valence-corrected chi connectivity index (χ2v) is 5.80. The van der Waals surface area contributed by atoms with E-state index in [1.54, 1.807) is 19.1 Å². The van der Waals surface area contributed by atoms with E-state index >= 15 is 0 Å². The quantitative estimate of drug-likeness (QED) is 0.818. The topological polar surface area (TPSA) is 55.4 Å². The maximum Gasteiger partial charge on any atom is 0.331 e. The van der Waals surface area contributed by atoms with Crippen molar-refractivity contribution < 1.29 is 14.3 Å². The van der Waals surface area contributed by atoms with Crippen molar-refractivity contribution in [3.05, 3.63) is 35.4 Å². The zero-order valence-corrected chi connectivity index (χ0v) is 13.5. The van der Waals surface area contributed by atoms with Crippen molar-refractivity contribution in [2.45, 2.75) is 52.0 Å². The van der Waals surface area contributed by atoms with Crippen molar-refractivity contribution >= 4 is 11.9 Å². The summed E-state index contributed by atoms with van der Waals surface area (Å²) in [6.07, 6.45) is 1.31. The molecule has 1 amide bonds. The van der Waals surface area contributed by atoms with Crippen LogP contribution < -0.4 is 5.32 Å². The first-order chi connectivity index (χ1) is 9.84. The first-order valence-electron chi connectivity index (χ1n) is 7.35. The lowest BCUT2D eigenvalue weighted by atomic mass is 9.95.